The van der Waals surface area contributed by atoms with Crippen molar-refractivity contribution in [2.24, 2.45) is 0 Å². The predicted octanol–water partition coefficient (Wildman–Crippen LogP) is 4.27. The van der Waals surface area contributed by atoms with Crippen molar-refractivity contribution in [1.82, 2.24) is 14.8 Å². The van der Waals surface area contributed by atoms with Gasteiger partial charge in [-0.1, -0.05) is 30.3 Å². The van der Waals surface area contributed by atoms with E-state index in [4.69, 9.17) is 4.74 Å². The van der Waals surface area contributed by atoms with Crippen LogP contribution in [0.1, 0.15) is 29.3 Å². The summed E-state index contributed by atoms with van der Waals surface area (Å²) in [5.74, 6) is -0.295. The van der Waals surface area contributed by atoms with Gasteiger partial charge in [0.05, 0.1) is 18.3 Å². The van der Waals surface area contributed by atoms with Crippen LogP contribution in [0.15, 0.2) is 66.9 Å². The molecule has 1 aliphatic heterocycles. The van der Waals surface area contributed by atoms with Crippen LogP contribution in [0.25, 0.3) is 5.69 Å². The first-order chi connectivity index (χ1) is 14.2. The third-order valence-corrected chi connectivity index (χ3v) is 5.21. The maximum absolute atomic E-state index is 13.6. The largest absolute Gasteiger partial charge is 0.385 e. The van der Waals surface area contributed by atoms with E-state index in [0.29, 0.717) is 19.7 Å². The van der Waals surface area contributed by atoms with Crippen molar-refractivity contribution >= 4 is 6.03 Å². The summed E-state index contributed by atoms with van der Waals surface area (Å²) in [7, 11) is 1.65. The fourth-order valence-corrected chi connectivity index (χ4v) is 3.85. The molecule has 6 heteroatoms. The van der Waals surface area contributed by atoms with Gasteiger partial charge in [0.25, 0.3) is 0 Å². The number of amides is 2. The van der Waals surface area contributed by atoms with Crippen molar-refractivity contribution in [3.8, 4) is 5.69 Å². The number of fused-ring (bicyclic) bond motifs is 3. The average Bonchev–Trinajstić information content (AvgIpc) is 3.16. The molecule has 0 saturated carbocycles. The quantitative estimate of drug-likeness (QED) is 0.658. The summed E-state index contributed by atoms with van der Waals surface area (Å²) in [6.07, 6.45) is 2.74. The van der Waals surface area contributed by atoms with E-state index in [1.165, 1.54) is 12.1 Å². The summed E-state index contributed by atoms with van der Waals surface area (Å²) >= 11 is 0. The van der Waals surface area contributed by atoms with Gasteiger partial charge in [-0.2, -0.15) is 0 Å². The molecule has 150 valence electrons. The number of carbonyl (C=O) groups is 1. The zero-order valence-corrected chi connectivity index (χ0v) is 16.3. The summed E-state index contributed by atoms with van der Waals surface area (Å²) in [6, 6.07) is 18.0. The number of halogens is 1. The molecule has 2 amide bonds. The summed E-state index contributed by atoms with van der Waals surface area (Å²) in [5.41, 5.74) is 3.94. The number of benzene rings is 2. The van der Waals surface area contributed by atoms with E-state index >= 15 is 0 Å². The van der Waals surface area contributed by atoms with Gasteiger partial charge in [-0.05, 0) is 47.9 Å². The van der Waals surface area contributed by atoms with Crippen molar-refractivity contribution in [3.63, 3.8) is 0 Å². The molecule has 0 bridgehead atoms. The predicted molar refractivity (Wildman–Crippen MR) is 109 cm³/mol. The van der Waals surface area contributed by atoms with Gasteiger partial charge >= 0.3 is 6.03 Å². The molecular weight excluding hydrogens is 369 g/mol. The summed E-state index contributed by atoms with van der Waals surface area (Å²) in [6.45, 7) is 1.57. The second kappa shape index (κ2) is 8.49. The third kappa shape index (κ3) is 3.89. The molecule has 1 atom stereocenters. The number of methoxy groups -OCH3 is 1. The number of nitrogens with zero attached hydrogens (tertiary/aromatic N) is 2. The van der Waals surface area contributed by atoms with Gasteiger partial charge in [-0.15, -0.1) is 0 Å². The van der Waals surface area contributed by atoms with Crippen molar-refractivity contribution in [3.05, 3.63) is 89.5 Å². The molecule has 4 rings (SSSR count). The standard InChI is InChI=1S/C23H24FN3O2/c1-29-15-5-13-25-23(28)27-16-18-6-2-3-7-20(18)26-14-4-8-21(26)22(27)17-9-11-19(24)12-10-17/h2-4,6-12,14,22H,5,13,15-16H2,1H3,(H,25,28)/t22-/m0/s1. The Morgan fingerprint density at radius 1 is 1.14 bits per heavy atom. The molecule has 29 heavy (non-hydrogen) atoms. The van der Waals surface area contributed by atoms with E-state index in [9.17, 15) is 9.18 Å². The molecule has 0 unspecified atom stereocenters. The molecule has 1 N–H and O–H groups in total. The Morgan fingerprint density at radius 2 is 1.93 bits per heavy atom. The Bertz CT molecular complexity index is 984. The minimum absolute atomic E-state index is 0.153. The fraction of sp³-hybridized carbons (Fsp3) is 0.261. The Kier molecular flexibility index (Phi) is 5.62. The number of nitrogens with one attached hydrogen (secondary N) is 1. The fourth-order valence-electron chi connectivity index (χ4n) is 3.85. The third-order valence-electron chi connectivity index (χ3n) is 5.21. The minimum Gasteiger partial charge on any atom is -0.385 e. The highest BCUT2D eigenvalue weighted by Crippen LogP contribution is 2.36. The highest BCUT2D eigenvalue weighted by Gasteiger charge is 2.32. The van der Waals surface area contributed by atoms with Crippen LogP contribution in [0.2, 0.25) is 0 Å². The Balaban J connectivity index is 1.76. The van der Waals surface area contributed by atoms with E-state index in [-0.39, 0.29) is 17.9 Å². The SMILES string of the molecule is COCCCNC(=O)N1Cc2ccccc2-n2cccc2[C@@H]1c1ccc(F)cc1. The average molecular weight is 393 g/mol. The van der Waals surface area contributed by atoms with Crippen molar-refractivity contribution in [2.75, 3.05) is 20.3 Å². The van der Waals surface area contributed by atoms with Crippen molar-refractivity contribution in [2.45, 2.75) is 19.0 Å². The number of aromatic nitrogens is 1. The van der Waals surface area contributed by atoms with E-state index in [2.05, 4.69) is 16.0 Å². The van der Waals surface area contributed by atoms with Crippen LogP contribution in [0, 0.1) is 5.82 Å². The number of ether oxygens (including phenoxy) is 1. The Morgan fingerprint density at radius 3 is 2.72 bits per heavy atom. The molecule has 1 aromatic heterocycles. The van der Waals surface area contributed by atoms with E-state index in [1.807, 2.05) is 41.4 Å². The second-order valence-corrected chi connectivity index (χ2v) is 7.09. The molecule has 0 saturated heterocycles. The molecule has 0 fully saturated rings. The molecule has 0 radical (unpaired) electrons. The first-order valence-electron chi connectivity index (χ1n) is 9.73. The maximum Gasteiger partial charge on any atom is 0.318 e. The van der Waals surface area contributed by atoms with Crippen LogP contribution in [0.5, 0.6) is 0 Å². The lowest BCUT2D eigenvalue weighted by Gasteiger charge is -2.31. The summed E-state index contributed by atoms with van der Waals surface area (Å²) in [5, 5.41) is 3.00. The maximum atomic E-state index is 13.6. The number of urea groups is 1. The van der Waals surface area contributed by atoms with Crippen LogP contribution >= 0.6 is 0 Å². The zero-order chi connectivity index (χ0) is 20.2. The van der Waals surface area contributed by atoms with Crippen LogP contribution in [0.4, 0.5) is 9.18 Å². The van der Waals surface area contributed by atoms with Gasteiger partial charge in [0, 0.05) is 32.2 Å². The number of hydrogen-bond donors (Lipinski definition) is 1. The number of rotatable bonds is 5. The first-order valence-corrected chi connectivity index (χ1v) is 9.73. The lowest BCUT2D eigenvalue weighted by molar-refractivity contribution is 0.174. The molecule has 2 aromatic carbocycles. The highest BCUT2D eigenvalue weighted by molar-refractivity contribution is 5.76. The molecule has 1 aliphatic rings. The highest BCUT2D eigenvalue weighted by atomic mass is 19.1. The van der Waals surface area contributed by atoms with E-state index in [0.717, 1.165) is 28.9 Å². The van der Waals surface area contributed by atoms with Crippen LogP contribution < -0.4 is 5.32 Å². The smallest absolute Gasteiger partial charge is 0.318 e. The van der Waals surface area contributed by atoms with Crippen molar-refractivity contribution in [1.29, 1.82) is 0 Å². The van der Waals surface area contributed by atoms with Gasteiger partial charge in [0.1, 0.15) is 5.82 Å². The topological polar surface area (TPSA) is 46.5 Å². The van der Waals surface area contributed by atoms with Gasteiger partial charge in [0.2, 0.25) is 0 Å². The molecular formula is C23H24FN3O2. The van der Waals surface area contributed by atoms with Crippen LogP contribution in [-0.2, 0) is 11.3 Å². The Hall–Kier alpha value is -3.12. The second-order valence-electron chi connectivity index (χ2n) is 7.09. The molecule has 2 heterocycles. The number of para-hydroxylation sites is 1. The molecule has 0 spiro atoms. The van der Waals surface area contributed by atoms with Crippen molar-refractivity contribution < 1.29 is 13.9 Å². The lowest BCUT2D eigenvalue weighted by Crippen LogP contribution is -2.42. The lowest BCUT2D eigenvalue weighted by atomic mass is 10.0. The minimum atomic E-state index is -0.333. The van der Waals surface area contributed by atoms with Crippen LogP contribution in [0.3, 0.4) is 0 Å². The first kappa shape index (κ1) is 19.2. The number of carbonyl (C=O) groups excluding carboxylic acids is 1. The summed E-state index contributed by atoms with van der Waals surface area (Å²) in [4.78, 5) is 15.0. The summed E-state index contributed by atoms with van der Waals surface area (Å²) < 4.78 is 20.8. The zero-order valence-electron chi connectivity index (χ0n) is 16.3. The molecule has 5 nitrogen and oxygen atoms in total. The van der Waals surface area contributed by atoms with E-state index < -0.39 is 0 Å². The Labute approximate surface area is 169 Å². The van der Waals surface area contributed by atoms with Gasteiger partial charge in [0.15, 0.2) is 0 Å². The normalized spacial score (nSPS) is 15.4. The molecule has 0 aliphatic carbocycles. The van der Waals surface area contributed by atoms with Gasteiger partial charge in [-0.3, -0.25) is 0 Å². The van der Waals surface area contributed by atoms with Crippen LogP contribution in [-0.4, -0.2) is 35.8 Å². The monoisotopic (exact) mass is 393 g/mol. The van der Waals surface area contributed by atoms with Gasteiger partial charge < -0.3 is 19.5 Å². The molecule has 3 aromatic rings. The van der Waals surface area contributed by atoms with E-state index in [1.54, 1.807) is 19.2 Å². The van der Waals surface area contributed by atoms with Gasteiger partial charge in [-0.25, -0.2) is 9.18 Å². The number of hydrogen-bond acceptors (Lipinski definition) is 2.